The van der Waals surface area contributed by atoms with Gasteiger partial charge in [-0.3, -0.25) is 0 Å². The largest absolute Gasteiger partial charge is 0.408 e. The molecule has 1 rings (SSSR count). The summed E-state index contributed by atoms with van der Waals surface area (Å²) >= 11 is 0. The monoisotopic (exact) mass is 384 g/mol. The maximum absolute atomic E-state index is 6.78. The number of unbranched alkanes of at least 4 members (excludes halogenated alkanes) is 5. The molecule has 0 aromatic carbocycles. The lowest BCUT2D eigenvalue weighted by Gasteiger charge is -2.46. The molecule has 4 atom stereocenters. The minimum atomic E-state index is -1.89. The molecule has 154 valence electrons. The number of hydrogen-bond acceptors (Lipinski definition) is 3. The summed E-state index contributed by atoms with van der Waals surface area (Å²) in [4.78, 5) is 0. The van der Waals surface area contributed by atoms with Crippen LogP contribution in [0.2, 0.25) is 18.1 Å². The third-order valence-corrected chi connectivity index (χ3v) is 10.5. The first kappa shape index (κ1) is 23.9. The molecule has 0 radical (unpaired) electrons. The molecular weight excluding hydrogens is 340 g/mol. The molecule has 0 amide bonds. The lowest BCUT2D eigenvalue weighted by atomic mass is 9.93. The highest BCUT2D eigenvalue weighted by Crippen LogP contribution is 2.40. The van der Waals surface area contributed by atoms with Crippen LogP contribution in [0, 0.1) is 5.92 Å². The number of methoxy groups -OCH3 is 1. The Balaban J connectivity index is 2.74. The molecule has 3 nitrogen and oxygen atoms in total. The van der Waals surface area contributed by atoms with Crippen molar-refractivity contribution < 1.29 is 13.9 Å². The number of allylic oxidation sites excluding steroid dienone is 1. The van der Waals surface area contributed by atoms with E-state index in [4.69, 9.17) is 13.9 Å². The molecule has 0 aliphatic carbocycles. The fourth-order valence-electron chi connectivity index (χ4n) is 3.24. The molecule has 0 unspecified atom stereocenters. The van der Waals surface area contributed by atoms with Crippen molar-refractivity contribution in [1.29, 1.82) is 0 Å². The number of ether oxygens (including phenoxy) is 2. The Bertz CT molecular complexity index is 414. The van der Waals surface area contributed by atoms with Gasteiger partial charge in [-0.25, -0.2) is 0 Å². The summed E-state index contributed by atoms with van der Waals surface area (Å²) in [5, 5.41) is 0.180. The van der Waals surface area contributed by atoms with Crippen molar-refractivity contribution in [2.24, 2.45) is 5.92 Å². The van der Waals surface area contributed by atoms with Gasteiger partial charge in [0.2, 0.25) is 0 Å². The van der Waals surface area contributed by atoms with Gasteiger partial charge >= 0.3 is 0 Å². The predicted octanol–water partition coefficient (Wildman–Crippen LogP) is 6.34. The number of hydrogen-bond donors (Lipinski definition) is 0. The Morgan fingerprint density at radius 1 is 1.08 bits per heavy atom. The van der Waals surface area contributed by atoms with Gasteiger partial charge in [0.25, 0.3) is 0 Å². The van der Waals surface area contributed by atoms with Crippen LogP contribution in [0.5, 0.6) is 0 Å². The van der Waals surface area contributed by atoms with E-state index >= 15 is 0 Å². The average Bonchev–Trinajstić information content (AvgIpc) is 2.54. The number of rotatable bonds is 10. The molecule has 1 heterocycles. The Kier molecular flexibility index (Phi) is 10.1. The fraction of sp³-hybridized carbons (Fsp3) is 0.909. The molecule has 0 aromatic rings. The summed E-state index contributed by atoms with van der Waals surface area (Å²) in [6, 6.07) is 0. The molecule has 26 heavy (non-hydrogen) atoms. The van der Waals surface area contributed by atoms with E-state index in [-0.39, 0.29) is 23.4 Å². The second-order valence-corrected chi connectivity index (χ2v) is 14.2. The van der Waals surface area contributed by atoms with Crippen LogP contribution in [0.1, 0.15) is 73.1 Å². The van der Waals surface area contributed by atoms with Crippen LogP contribution >= 0.6 is 0 Å². The van der Waals surface area contributed by atoms with Gasteiger partial charge in [-0.05, 0) is 31.0 Å². The topological polar surface area (TPSA) is 27.7 Å². The fourth-order valence-corrected chi connectivity index (χ4v) is 4.54. The van der Waals surface area contributed by atoms with Gasteiger partial charge in [0, 0.05) is 13.0 Å². The van der Waals surface area contributed by atoms with Gasteiger partial charge in [0.1, 0.15) is 12.2 Å². The van der Waals surface area contributed by atoms with Gasteiger partial charge in [0.05, 0.1) is 12.7 Å². The van der Waals surface area contributed by atoms with Crippen molar-refractivity contribution in [3.63, 3.8) is 0 Å². The van der Waals surface area contributed by atoms with Gasteiger partial charge in [-0.15, -0.1) is 0 Å². The van der Waals surface area contributed by atoms with E-state index in [1.165, 1.54) is 32.1 Å². The molecule has 0 N–H and O–H groups in total. The summed E-state index contributed by atoms with van der Waals surface area (Å²) in [6.07, 6.45) is 12.3. The maximum Gasteiger partial charge on any atom is 0.192 e. The van der Waals surface area contributed by atoms with Crippen molar-refractivity contribution in [2.45, 2.75) is 110 Å². The van der Waals surface area contributed by atoms with Crippen LogP contribution in [0.4, 0.5) is 0 Å². The standard InChI is InChI=1S/C22H44O3Si/c1-9-10-11-12-13-14-15-16-19-21(20(23-6)18(2)17-24-19)25-26(7,8)22(3,4)5/h15-16,18-21H,9-14,17H2,1-8H3/t18-,19-,20-,21-/m0/s1. The SMILES string of the molecule is CCCCCCCC=C[C@@H]1OC[C@H](C)[C@H](OC)[C@H]1O[Si](C)(C)C(C)(C)C. The van der Waals surface area contributed by atoms with Crippen molar-refractivity contribution in [3.05, 3.63) is 12.2 Å². The molecule has 1 saturated heterocycles. The Labute approximate surface area is 164 Å². The highest BCUT2D eigenvalue weighted by atomic mass is 28.4. The van der Waals surface area contributed by atoms with Gasteiger partial charge in [-0.1, -0.05) is 72.5 Å². The zero-order valence-electron chi connectivity index (χ0n) is 18.6. The molecule has 0 bridgehead atoms. The summed E-state index contributed by atoms with van der Waals surface area (Å²) in [5.41, 5.74) is 0. The molecular formula is C22H44O3Si. The Morgan fingerprint density at radius 2 is 1.73 bits per heavy atom. The first-order chi connectivity index (χ1) is 12.1. The van der Waals surface area contributed by atoms with Gasteiger partial charge in [0.15, 0.2) is 8.32 Å². The quantitative estimate of drug-likeness (QED) is 0.250. The molecule has 0 aromatic heterocycles. The first-order valence-electron chi connectivity index (χ1n) is 10.6. The Morgan fingerprint density at radius 3 is 2.31 bits per heavy atom. The van der Waals surface area contributed by atoms with Crippen molar-refractivity contribution in [2.75, 3.05) is 13.7 Å². The van der Waals surface area contributed by atoms with Crippen LogP contribution in [0.25, 0.3) is 0 Å². The van der Waals surface area contributed by atoms with E-state index in [1.807, 2.05) is 7.11 Å². The predicted molar refractivity (Wildman–Crippen MR) is 114 cm³/mol. The second kappa shape index (κ2) is 11.0. The van der Waals surface area contributed by atoms with Crippen LogP contribution in [0.3, 0.4) is 0 Å². The van der Waals surface area contributed by atoms with Crippen LogP contribution in [0.15, 0.2) is 12.2 Å². The zero-order valence-corrected chi connectivity index (χ0v) is 19.6. The van der Waals surface area contributed by atoms with E-state index < -0.39 is 8.32 Å². The van der Waals surface area contributed by atoms with E-state index in [1.54, 1.807) is 0 Å². The van der Waals surface area contributed by atoms with Gasteiger partial charge in [-0.2, -0.15) is 0 Å². The molecule has 0 spiro atoms. The van der Waals surface area contributed by atoms with Crippen molar-refractivity contribution in [1.82, 2.24) is 0 Å². The van der Waals surface area contributed by atoms with Crippen molar-refractivity contribution in [3.8, 4) is 0 Å². The molecule has 0 saturated carbocycles. The molecule has 1 aliphatic heterocycles. The lowest BCUT2D eigenvalue weighted by Crippen LogP contribution is -2.56. The van der Waals surface area contributed by atoms with E-state index in [9.17, 15) is 0 Å². The average molecular weight is 385 g/mol. The maximum atomic E-state index is 6.78. The summed E-state index contributed by atoms with van der Waals surface area (Å²) < 4.78 is 18.8. The lowest BCUT2D eigenvalue weighted by molar-refractivity contribution is -0.149. The van der Waals surface area contributed by atoms with E-state index in [2.05, 4.69) is 59.9 Å². The van der Waals surface area contributed by atoms with Crippen LogP contribution < -0.4 is 0 Å². The molecule has 4 heteroatoms. The van der Waals surface area contributed by atoms with Crippen molar-refractivity contribution >= 4 is 8.32 Å². The third kappa shape index (κ3) is 7.10. The van der Waals surface area contributed by atoms with Gasteiger partial charge < -0.3 is 13.9 Å². The normalized spacial score (nSPS) is 28.0. The molecule has 1 aliphatic rings. The minimum absolute atomic E-state index is 0.000849. The summed E-state index contributed by atoms with van der Waals surface area (Å²) in [6.45, 7) is 16.7. The summed E-state index contributed by atoms with van der Waals surface area (Å²) in [7, 11) is -0.0765. The van der Waals surface area contributed by atoms with Crippen LogP contribution in [-0.2, 0) is 13.9 Å². The van der Waals surface area contributed by atoms with Crippen LogP contribution in [-0.4, -0.2) is 40.3 Å². The Hall–Kier alpha value is -0.163. The zero-order chi connectivity index (χ0) is 19.8. The second-order valence-electron chi connectivity index (χ2n) is 9.45. The smallest absolute Gasteiger partial charge is 0.192 e. The highest BCUT2D eigenvalue weighted by Gasteiger charge is 2.46. The first-order valence-corrected chi connectivity index (χ1v) is 13.5. The molecule has 1 fully saturated rings. The third-order valence-electron chi connectivity index (χ3n) is 6.07. The summed E-state index contributed by atoms with van der Waals surface area (Å²) in [5.74, 6) is 0.355. The van der Waals surface area contributed by atoms with E-state index in [0.29, 0.717) is 5.92 Å². The minimum Gasteiger partial charge on any atom is -0.408 e. The highest BCUT2D eigenvalue weighted by molar-refractivity contribution is 6.74. The van der Waals surface area contributed by atoms with E-state index in [0.717, 1.165) is 13.0 Å².